The molecule has 1 saturated heterocycles. The number of anilines is 1. The number of ether oxygens (including phenoxy) is 1. The van der Waals surface area contributed by atoms with Crippen LogP contribution in [0, 0.1) is 5.82 Å². The molecular formula is C21H21FN4O3S. The minimum Gasteiger partial charge on any atom is -0.377 e. The Bertz CT molecular complexity index is 1380. The Balaban J connectivity index is 1.82. The molecule has 5 rings (SSSR count). The molecule has 4 aromatic rings. The van der Waals surface area contributed by atoms with Gasteiger partial charge in [0.1, 0.15) is 5.82 Å². The molecule has 1 fully saturated rings. The van der Waals surface area contributed by atoms with Crippen LogP contribution in [-0.2, 0) is 14.8 Å². The van der Waals surface area contributed by atoms with Crippen molar-refractivity contribution >= 4 is 37.6 Å². The summed E-state index contributed by atoms with van der Waals surface area (Å²) in [6.07, 6.45) is 4.36. The summed E-state index contributed by atoms with van der Waals surface area (Å²) in [7, 11) is -3.54. The molecule has 30 heavy (non-hydrogen) atoms. The topological polar surface area (TPSA) is 80.2 Å². The van der Waals surface area contributed by atoms with Crippen LogP contribution >= 0.6 is 0 Å². The second kappa shape index (κ2) is 6.82. The van der Waals surface area contributed by atoms with E-state index in [0.29, 0.717) is 42.0 Å². The van der Waals surface area contributed by atoms with Crippen molar-refractivity contribution in [3.8, 4) is 11.3 Å². The highest BCUT2D eigenvalue weighted by molar-refractivity contribution is 7.89. The Hall–Kier alpha value is -2.91. The van der Waals surface area contributed by atoms with E-state index in [1.165, 1.54) is 16.2 Å². The zero-order chi connectivity index (χ0) is 21.0. The monoisotopic (exact) mass is 428 g/mol. The molecular weight excluding hydrogens is 407 g/mol. The van der Waals surface area contributed by atoms with E-state index in [2.05, 4.69) is 16.8 Å². The quantitative estimate of drug-likeness (QED) is 0.541. The maximum atomic E-state index is 14.2. The number of H-pyrrole nitrogens is 1. The third-order valence-corrected chi connectivity index (χ3v) is 6.59. The molecule has 0 amide bonds. The second-order valence-electron chi connectivity index (χ2n) is 7.62. The Kier molecular flexibility index (Phi) is 4.33. The van der Waals surface area contributed by atoms with E-state index in [0.717, 1.165) is 22.9 Å². The van der Waals surface area contributed by atoms with Gasteiger partial charge in [0.15, 0.2) is 5.65 Å². The Morgan fingerprint density at radius 2 is 2.07 bits per heavy atom. The molecule has 1 atom stereocenters. The number of morpholine rings is 1. The first kappa shape index (κ1) is 19.1. The average molecular weight is 428 g/mol. The van der Waals surface area contributed by atoms with Crippen molar-refractivity contribution in [3.05, 3.63) is 48.5 Å². The summed E-state index contributed by atoms with van der Waals surface area (Å²) in [6.45, 7) is 3.94. The maximum absolute atomic E-state index is 14.2. The van der Waals surface area contributed by atoms with Crippen molar-refractivity contribution in [2.45, 2.75) is 13.0 Å². The van der Waals surface area contributed by atoms with Gasteiger partial charge in [-0.3, -0.25) is 0 Å². The van der Waals surface area contributed by atoms with Crippen LogP contribution in [0.4, 0.5) is 10.1 Å². The standard InChI is InChI=1S/C21H21FN4O3S/c1-13-12-29-10-9-25(13)19-11-18(14-3-4-17(22)20-15(14)5-7-23-20)24-21-16(19)6-8-26(21)30(2,27)28/h3-8,11,13,23H,9-10,12H2,1-2H3/t13-/m1/s1. The van der Waals surface area contributed by atoms with Gasteiger partial charge in [-0.1, -0.05) is 0 Å². The van der Waals surface area contributed by atoms with Crippen LogP contribution in [0.1, 0.15) is 6.92 Å². The molecule has 1 aromatic carbocycles. The lowest BCUT2D eigenvalue weighted by Crippen LogP contribution is -2.43. The summed E-state index contributed by atoms with van der Waals surface area (Å²) >= 11 is 0. The number of aromatic amines is 1. The van der Waals surface area contributed by atoms with E-state index >= 15 is 0 Å². The van der Waals surface area contributed by atoms with Gasteiger partial charge < -0.3 is 14.6 Å². The van der Waals surface area contributed by atoms with E-state index in [4.69, 9.17) is 9.72 Å². The second-order valence-corrected chi connectivity index (χ2v) is 9.48. The van der Waals surface area contributed by atoms with Crippen LogP contribution < -0.4 is 4.90 Å². The highest BCUT2D eigenvalue weighted by Crippen LogP contribution is 2.36. The molecule has 1 N–H and O–H groups in total. The third kappa shape index (κ3) is 2.96. The number of aromatic nitrogens is 3. The molecule has 0 unspecified atom stereocenters. The van der Waals surface area contributed by atoms with E-state index < -0.39 is 10.0 Å². The predicted molar refractivity (Wildman–Crippen MR) is 115 cm³/mol. The van der Waals surface area contributed by atoms with Crippen molar-refractivity contribution < 1.29 is 17.5 Å². The number of hydrogen-bond acceptors (Lipinski definition) is 5. The number of nitrogens with one attached hydrogen (secondary N) is 1. The highest BCUT2D eigenvalue weighted by atomic mass is 32.2. The average Bonchev–Trinajstić information content (AvgIpc) is 3.35. The summed E-state index contributed by atoms with van der Waals surface area (Å²) in [5.41, 5.74) is 2.97. The Morgan fingerprint density at radius 3 is 2.83 bits per heavy atom. The normalized spacial score (nSPS) is 17.8. The number of benzene rings is 1. The molecule has 0 spiro atoms. The Morgan fingerprint density at radius 1 is 1.23 bits per heavy atom. The van der Waals surface area contributed by atoms with Gasteiger partial charge in [0.05, 0.1) is 36.4 Å². The molecule has 4 heterocycles. The van der Waals surface area contributed by atoms with Crippen LogP contribution in [-0.4, -0.2) is 54.4 Å². The van der Waals surface area contributed by atoms with Gasteiger partial charge in [-0.25, -0.2) is 21.8 Å². The summed E-state index contributed by atoms with van der Waals surface area (Å²) in [5, 5.41) is 1.45. The number of rotatable bonds is 3. The van der Waals surface area contributed by atoms with Crippen molar-refractivity contribution in [3.63, 3.8) is 0 Å². The first-order valence-corrected chi connectivity index (χ1v) is 11.5. The minimum absolute atomic E-state index is 0.124. The molecule has 9 heteroatoms. The highest BCUT2D eigenvalue weighted by Gasteiger charge is 2.25. The van der Waals surface area contributed by atoms with Crippen molar-refractivity contribution in [1.29, 1.82) is 0 Å². The molecule has 1 aliphatic heterocycles. The fourth-order valence-electron chi connectivity index (χ4n) is 4.14. The van der Waals surface area contributed by atoms with Crippen molar-refractivity contribution in [2.24, 2.45) is 0 Å². The van der Waals surface area contributed by atoms with Gasteiger partial charge in [0.25, 0.3) is 0 Å². The van der Waals surface area contributed by atoms with Crippen molar-refractivity contribution in [1.82, 2.24) is 13.9 Å². The van der Waals surface area contributed by atoms with Crippen LogP contribution in [0.25, 0.3) is 33.2 Å². The zero-order valence-corrected chi connectivity index (χ0v) is 17.4. The molecule has 0 aliphatic carbocycles. The third-order valence-electron chi connectivity index (χ3n) is 5.58. The maximum Gasteiger partial charge on any atom is 0.237 e. The first-order valence-electron chi connectivity index (χ1n) is 9.67. The summed E-state index contributed by atoms with van der Waals surface area (Å²) in [5.74, 6) is -0.346. The van der Waals surface area contributed by atoms with Crippen molar-refractivity contribution in [2.75, 3.05) is 30.9 Å². The van der Waals surface area contributed by atoms with Crippen LogP contribution in [0.2, 0.25) is 0 Å². The number of halogens is 1. The molecule has 0 radical (unpaired) electrons. The van der Waals surface area contributed by atoms with Gasteiger partial charge in [-0.2, -0.15) is 0 Å². The van der Waals surface area contributed by atoms with Gasteiger partial charge >= 0.3 is 0 Å². The molecule has 0 saturated carbocycles. The van der Waals surface area contributed by atoms with E-state index in [9.17, 15) is 12.8 Å². The fourth-order valence-corrected chi connectivity index (χ4v) is 4.88. The minimum atomic E-state index is -3.54. The molecule has 7 nitrogen and oxygen atoms in total. The Labute approximate surface area is 173 Å². The fraction of sp³-hybridized carbons (Fsp3) is 0.286. The summed E-state index contributed by atoms with van der Waals surface area (Å²) in [4.78, 5) is 9.83. The first-order chi connectivity index (χ1) is 14.3. The number of nitrogens with zero attached hydrogens (tertiary/aromatic N) is 3. The van der Waals surface area contributed by atoms with Gasteiger partial charge in [0.2, 0.25) is 10.0 Å². The van der Waals surface area contributed by atoms with Crippen LogP contribution in [0.15, 0.2) is 42.7 Å². The molecule has 156 valence electrons. The van der Waals surface area contributed by atoms with Crippen LogP contribution in [0.5, 0.6) is 0 Å². The molecule has 1 aliphatic rings. The zero-order valence-electron chi connectivity index (χ0n) is 16.6. The smallest absolute Gasteiger partial charge is 0.237 e. The lowest BCUT2D eigenvalue weighted by atomic mass is 10.0. The van der Waals surface area contributed by atoms with Crippen LogP contribution in [0.3, 0.4) is 0 Å². The SMILES string of the molecule is C[C@@H]1COCCN1c1cc(-c2ccc(F)c3[nH]ccc23)nc2c1ccn2S(C)(=O)=O. The van der Waals surface area contributed by atoms with Gasteiger partial charge in [-0.05, 0) is 37.3 Å². The summed E-state index contributed by atoms with van der Waals surface area (Å²) in [6, 6.07) is 8.73. The number of fused-ring (bicyclic) bond motifs is 2. The lowest BCUT2D eigenvalue weighted by Gasteiger charge is -2.35. The van der Waals surface area contributed by atoms with Gasteiger partial charge in [0, 0.05) is 41.3 Å². The number of hydrogen-bond donors (Lipinski definition) is 1. The van der Waals surface area contributed by atoms with E-state index in [-0.39, 0.29) is 11.9 Å². The van der Waals surface area contributed by atoms with Gasteiger partial charge in [-0.15, -0.1) is 0 Å². The van der Waals surface area contributed by atoms with E-state index in [1.54, 1.807) is 24.4 Å². The number of pyridine rings is 1. The predicted octanol–water partition coefficient (Wildman–Crippen LogP) is 3.36. The summed E-state index contributed by atoms with van der Waals surface area (Å²) < 4.78 is 45.7. The lowest BCUT2D eigenvalue weighted by molar-refractivity contribution is 0.0991. The molecule has 3 aromatic heterocycles. The largest absolute Gasteiger partial charge is 0.377 e. The van der Waals surface area contributed by atoms with E-state index in [1.807, 2.05) is 6.07 Å². The molecule has 0 bridgehead atoms.